The zero-order chi connectivity index (χ0) is 6.85. The summed E-state index contributed by atoms with van der Waals surface area (Å²) in [5.41, 5.74) is 0.613. The van der Waals surface area contributed by atoms with E-state index in [-0.39, 0.29) is 5.97 Å². The van der Waals surface area contributed by atoms with Crippen molar-refractivity contribution in [1.82, 2.24) is 0 Å². The van der Waals surface area contributed by atoms with Crippen LogP contribution in [-0.2, 0) is 14.3 Å². The molecule has 0 N–H and O–H groups in total. The Kier molecular flexibility index (Phi) is 1.53. The van der Waals surface area contributed by atoms with Crippen LogP contribution in [0.2, 0.25) is 0 Å². The lowest BCUT2D eigenvalue weighted by Crippen LogP contribution is -2.09. The summed E-state index contributed by atoms with van der Waals surface area (Å²) in [6, 6.07) is 0. The highest BCUT2D eigenvalue weighted by Gasteiger charge is 2.20. The van der Waals surface area contributed by atoms with Crippen molar-refractivity contribution in [1.29, 1.82) is 0 Å². The van der Waals surface area contributed by atoms with Crippen molar-refractivity contribution in [3.8, 4) is 0 Å². The van der Waals surface area contributed by atoms with Crippen molar-refractivity contribution < 1.29 is 14.3 Å². The molecule has 0 spiro atoms. The van der Waals surface area contributed by atoms with Gasteiger partial charge in [-0.3, -0.25) is 0 Å². The maximum Gasteiger partial charge on any atom is 0.336 e. The molecule has 3 nitrogen and oxygen atoms in total. The number of methoxy groups -OCH3 is 1. The molecule has 9 heavy (non-hydrogen) atoms. The van der Waals surface area contributed by atoms with Gasteiger partial charge in [0.05, 0.1) is 0 Å². The Balaban J connectivity index is 2.62. The first-order valence-corrected chi connectivity index (χ1v) is 2.66. The Morgan fingerprint density at radius 1 is 1.78 bits per heavy atom. The number of rotatable bonds is 1. The highest BCUT2D eigenvalue weighted by molar-refractivity contribution is 5.89. The van der Waals surface area contributed by atoms with E-state index >= 15 is 0 Å². The second-order valence-corrected chi connectivity index (χ2v) is 1.86. The molecule has 1 rings (SSSR count). The topological polar surface area (TPSA) is 35.5 Å². The van der Waals surface area contributed by atoms with Crippen LogP contribution in [0.5, 0.6) is 0 Å². The van der Waals surface area contributed by atoms with Crippen LogP contribution in [0.15, 0.2) is 11.6 Å². The number of cyclic esters (lactones) is 1. The molecule has 1 unspecified atom stereocenters. The van der Waals surface area contributed by atoms with Crippen LogP contribution < -0.4 is 0 Å². The Morgan fingerprint density at radius 2 is 2.44 bits per heavy atom. The van der Waals surface area contributed by atoms with E-state index in [4.69, 9.17) is 4.74 Å². The highest BCUT2D eigenvalue weighted by atomic mass is 16.7. The van der Waals surface area contributed by atoms with Crippen LogP contribution in [0.3, 0.4) is 0 Å². The maximum absolute atomic E-state index is 10.6. The summed E-state index contributed by atoms with van der Waals surface area (Å²) >= 11 is 0. The second kappa shape index (κ2) is 2.19. The van der Waals surface area contributed by atoms with Crippen LogP contribution in [0.1, 0.15) is 6.92 Å². The van der Waals surface area contributed by atoms with Crippen molar-refractivity contribution in [3.05, 3.63) is 11.6 Å². The SMILES string of the molecule is COC1C=C(C)C(=O)O1. The Hall–Kier alpha value is -0.830. The van der Waals surface area contributed by atoms with E-state index in [0.29, 0.717) is 5.57 Å². The predicted molar refractivity (Wildman–Crippen MR) is 30.6 cm³/mol. The monoisotopic (exact) mass is 128 g/mol. The van der Waals surface area contributed by atoms with Crippen LogP contribution in [0.4, 0.5) is 0 Å². The molecule has 0 saturated carbocycles. The van der Waals surface area contributed by atoms with Gasteiger partial charge in [0.2, 0.25) is 6.29 Å². The van der Waals surface area contributed by atoms with Gasteiger partial charge in [0.15, 0.2) is 0 Å². The molecule has 1 heterocycles. The average Bonchev–Trinajstić information content (AvgIpc) is 2.13. The van der Waals surface area contributed by atoms with Gasteiger partial charge in [-0.15, -0.1) is 0 Å². The minimum Gasteiger partial charge on any atom is -0.429 e. The van der Waals surface area contributed by atoms with Gasteiger partial charge < -0.3 is 9.47 Å². The van der Waals surface area contributed by atoms with Crippen LogP contribution in [0, 0.1) is 0 Å². The molecular weight excluding hydrogens is 120 g/mol. The molecule has 1 aliphatic heterocycles. The standard InChI is InChI=1S/C6H8O3/c1-4-3-5(8-2)9-6(4)7/h3,5H,1-2H3. The van der Waals surface area contributed by atoms with Gasteiger partial charge in [-0.05, 0) is 13.0 Å². The van der Waals surface area contributed by atoms with Gasteiger partial charge in [-0.2, -0.15) is 0 Å². The van der Waals surface area contributed by atoms with Gasteiger partial charge >= 0.3 is 5.97 Å². The van der Waals surface area contributed by atoms with Gasteiger partial charge in [-0.25, -0.2) is 4.79 Å². The minimum absolute atomic E-state index is 0.290. The van der Waals surface area contributed by atoms with Gasteiger partial charge in [0.1, 0.15) is 0 Å². The van der Waals surface area contributed by atoms with Crippen LogP contribution in [-0.4, -0.2) is 19.4 Å². The predicted octanol–water partition coefficient (Wildman–Crippen LogP) is 0.462. The van der Waals surface area contributed by atoms with E-state index in [2.05, 4.69) is 4.74 Å². The first-order valence-electron chi connectivity index (χ1n) is 2.66. The summed E-state index contributed by atoms with van der Waals surface area (Å²) in [6.07, 6.45) is 1.18. The van der Waals surface area contributed by atoms with E-state index in [1.165, 1.54) is 7.11 Å². The molecule has 0 aromatic carbocycles. The van der Waals surface area contributed by atoms with Crippen molar-refractivity contribution in [2.45, 2.75) is 13.2 Å². The van der Waals surface area contributed by atoms with Crippen molar-refractivity contribution in [3.63, 3.8) is 0 Å². The van der Waals surface area contributed by atoms with E-state index in [1.807, 2.05) is 0 Å². The largest absolute Gasteiger partial charge is 0.429 e. The molecule has 1 aliphatic rings. The number of ether oxygens (including phenoxy) is 2. The zero-order valence-electron chi connectivity index (χ0n) is 5.38. The van der Waals surface area contributed by atoms with E-state index < -0.39 is 6.29 Å². The molecule has 3 heteroatoms. The molecule has 0 aromatic rings. The van der Waals surface area contributed by atoms with Crippen molar-refractivity contribution >= 4 is 5.97 Å². The Morgan fingerprint density at radius 3 is 2.67 bits per heavy atom. The van der Waals surface area contributed by atoms with Crippen molar-refractivity contribution in [2.24, 2.45) is 0 Å². The van der Waals surface area contributed by atoms with Gasteiger partial charge in [-0.1, -0.05) is 0 Å². The van der Waals surface area contributed by atoms with Crippen molar-refractivity contribution in [2.75, 3.05) is 7.11 Å². The number of carbonyl (C=O) groups excluding carboxylic acids is 1. The molecule has 0 fully saturated rings. The molecule has 0 aromatic heterocycles. The molecule has 0 aliphatic carbocycles. The third kappa shape index (κ3) is 1.10. The first kappa shape index (κ1) is 6.29. The quantitative estimate of drug-likeness (QED) is 0.481. The van der Waals surface area contributed by atoms with E-state index in [9.17, 15) is 4.79 Å². The fourth-order valence-corrected chi connectivity index (χ4v) is 0.621. The number of hydrogen-bond acceptors (Lipinski definition) is 3. The lowest BCUT2D eigenvalue weighted by Gasteiger charge is -2.02. The third-order valence-corrected chi connectivity index (χ3v) is 1.16. The molecule has 50 valence electrons. The average molecular weight is 128 g/mol. The number of esters is 1. The normalized spacial score (nSPS) is 25.8. The summed E-state index contributed by atoms with van der Waals surface area (Å²) in [7, 11) is 1.49. The fraction of sp³-hybridized carbons (Fsp3) is 0.500. The van der Waals surface area contributed by atoms with Gasteiger partial charge in [0, 0.05) is 12.7 Å². The summed E-state index contributed by atoms with van der Waals surface area (Å²) in [5, 5.41) is 0. The number of hydrogen-bond donors (Lipinski definition) is 0. The summed E-state index contributed by atoms with van der Waals surface area (Å²) in [6.45, 7) is 1.70. The number of carbonyl (C=O) groups is 1. The highest BCUT2D eigenvalue weighted by Crippen LogP contribution is 2.12. The summed E-state index contributed by atoms with van der Waals surface area (Å²) < 4.78 is 9.40. The Bertz CT molecular complexity index is 160. The molecular formula is C6H8O3. The molecule has 0 amide bonds. The fourth-order valence-electron chi connectivity index (χ4n) is 0.621. The van der Waals surface area contributed by atoms with Crippen LogP contribution >= 0.6 is 0 Å². The lowest BCUT2D eigenvalue weighted by molar-refractivity contribution is -0.154. The first-order chi connectivity index (χ1) is 4.24. The maximum atomic E-state index is 10.6. The minimum atomic E-state index is -0.461. The molecule has 0 bridgehead atoms. The molecule has 0 saturated heterocycles. The van der Waals surface area contributed by atoms with Gasteiger partial charge in [0.25, 0.3) is 0 Å². The smallest absolute Gasteiger partial charge is 0.336 e. The zero-order valence-corrected chi connectivity index (χ0v) is 5.38. The molecule has 1 atom stereocenters. The summed E-state index contributed by atoms with van der Waals surface area (Å²) in [4.78, 5) is 10.6. The lowest BCUT2D eigenvalue weighted by atomic mass is 10.3. The van der Waals surface area contributed by atoms with Crippen LogP contribution in [0.25, 0.3) is 0 Å². The summed E-state index contributed by atoms with van der Waals surface area (Å²) in [5.74, 6) is -0.290. The van der Waals surface area contributed by atoms with E-state index in [1.54, 1.807) is 13.0 Å². The second-order valence-electron chi connectivity index (χ2n) is 1.86. The Labute approximate surface area is 53.3 Å². The molecule has 0 radical (unpaired) electrons. The third-order valence-electron chi connectivity index (χ3n) is 1.16. The van der Waals surface area contributed by atoms with E-state index in [0.717, 1.165) is 0 Å².